The van der Waals surface area contributed by atoms with Crippen molar-refractivity contribution in [3.63, 3.8) is 0 Å². The zero-order valence-corrected chi connectivity index (χ0v) is 14.3. The Labute approximate surface area is 146 Å². The van der Waals surface area contributed by atoms with Crippen LogP contribution in [0.3, 0.4) is 0 Å². The van der Waals surface area contributed by atoms with Gasteiger partial charge >= 0.3 is 0 Å². The fourth-order valence-electron chi connectivity index (χ4n) is 2.51. The first kappa shape index (κ1) is 15.6. The average Bonchev–Trinajstić information content (AvgIpc) is 3.25. The molecule has 0 saturated heterocycles. The molecule has 0 aliphatic carbocycles. The first-order valence-electron chi connectivity index (χ1n) is 7.36. The Kier molecular flexibility index (Phi) is 4.50. The van der Waals surface area contributed by atoms with Crippen LogP contribution in [0.2, 0.25) is 0 Å². The van der Waals surface area contributed by atoms with Crippen LogP contribution in [0.5, 0.6) is 5.75 Å². The maximum Gasteiger partial charge on any atom is 0.208 e. The van der Waals surface area contributed by atoms with Gasteiger partial charge in [0.25, 0.3) is 0 Å². The number of benzene rings is 1. The van der Waals surface area contributed by atoms with Gasteiger partial charge < -0.3 is 9.47 Å². The minimum atomic E-state index is -0.285. The minimum absolute atomic E-state index is 0.196. The summed E-state index contributed by atoms with van der Waals surface area (Å²) in [4.78, 5) is 5.71. The van der Waals surface area contributed by atoms with Crippen LogP contribution >= 0.6 is 23.1 Å². The number of halogens is 1. The molecule has 4 rings (SSSR count). The molecule has 1 aromatic carbocycles. The van der Waals surface area contributed by atoms with E-state index >= 15 is 0 Å². The third-order valence-electron chi connectivity index (χ3n) is 3.54. The average molecular weight is 363 g/mol. The second-order valence-electron chi connectivity index (χ2n) is 5.27. The number of rotatable bonds is 5. The molecular formula is C16H14FN3O2S2. The Bertz CT molecular complexity index is 836. The van der Waals surface area contributed by atoms with E-state index < -0.39 is 0 Å². The van der Waals surface area contributed by atoms with Gasteiger partial charge in [0, 0.05) is 28.2 Å². The van der Waals surface area contributed by atoms with Crippen LogP contribution in [-0.4, -0.2) is 22.0 Å². The molecule has 3 heterocycles. The molecule has 0 radical (unpaired) electrons. The van der Waals surface area contributed by atoms with Crippen molar-refractivity contribution < 1.29 is 13.9 Å². The normalized spacial score (nSPS) is 13.5. The standard InChI is InChI=1S/C16H14FN3O2S2/c17-12-4-10-7-21-9-22-15(10)11(5-12)8-24-16-18-14(19-20-16)6-13-2-1-3-23-13/h1-5H,6-9H2,(H,18,19,20). The highest BCUT2D eigenvalue weighted by atomic mass is 32.2. The maximum absolute atomic E-state index is 13.7. The van der Waals surface area contributed by atoms with Crippen LogP contribution in [0.15, 0.2) is 34.8 Å². The van der Waals surface area contributed by atoms with Crippen LogP contribution in [0.4, 0.5) is 4.39 Å². The summed E-state index contributed by atoms with van der Waals surface area (Å²) in [6.07, 6.45) is 0.737. The highest BCUT2D eigenvalue weighted by Gasteiger charge is 2.17. The monoisotopic (exact) mass is 363 g/mol. The molecule has 1 aliphatic heterocycles. The molecule has 0 bridgehead atoms. The number of aromatic amines is 1. The van der Waals surface area contributed by atoms with Crippen molar-refractivity contribution in [2.45, 2.75) is 23.9 Å². The van der Waals surface area contributed by atoms with E-state index in [0.717, 1.165) is 23.4 Å². The van der Waals surface area contributed by atoms with E-state index in [2.05, 4.69) is 21.2 Å². The van der Waals surface area contributed by atoms with Crippen molar-refractivity contribution in [2.75, 3.05) is 6.79 Å². The molecule has 2 aromatic heterocycles. The van der Waals surface area contributed by atoms with Crippen molar-refractivity contribution in [3.05, 3.63) is 57.3 Å². The zero-order chi connectivity index (χ0) is 16.4. The summed E-state index contributed by atoms with van der Waals surface area (Å²) in [7, 11) is 0. The number of hydrogen-bond donors (Lipinski definition) is 1. The Morgan fingerprint density at radius 2 is 2.33 bits per heavy atom. The summed E-state index contributed by atoms with van der Waals surface area (Å²) in [6, 6.07) is 7.03. The Balaban J connectivity index is 1.46. The Morgan fingerprint density at radius 3 is 3.21 bits per heavy atom. The predicted molar refractivity (Wildman–Crippen MR) is 89.8 cm³/mol. The van der Waals surface area contributed by atoms with Crippen LogP contribution < -0.4 is 4.74 Å². The lowest BCUT2D eigenvalue weighted by atomic mass is 10.1. The molecule has 3 aromatic rings. The number of nitrogens with zero attached hydrogens (tertiary/aromatic N) is 2. The Hall–Kier alpha value is -1.90. The van der Waals surface area contributed by atoms with Crippen LogP contribution in [0.25, 0.3) is 0 Å². The quantitative estimate of drug-likeness (QED) is 0.700. The van der Waals surface area contributed by atoms with Crippen LogP contribution in [0.1, 0.15) is 21.8 Å². The summed E-state index contributed by atoms with van der Waals surface area (Å²) in [5.41, 5.74) is 1.54. The number of thioether (sulfide) groups is 1. The van der Waals surface area contributed by atoms with Crippen LogP contribution in [-0.2, 0) is 23.5 Å². The second kappa shape index (κ2) is 6.92. The summed E-state index contributed by atoms with van der Waals surface area (Å²) in [6.45, 7) is 0.568. The fourth-order valence-corrected chi connectivity index (χ4v) is 4.00. The van der Waals surface area contributed by atoms with E-state index in [1.54, 1.807) is 11.3 Å². The summed E-state index contributed by atoms with van der Waals surface area (Å²) in [5, 5.41) is 9.86. The zero-order valence-electron chi connectivity index (χ0n) is 12.6. The molecule has 5 nitrogen and oxygen atoms in total. The van der Waals surface area contributed by atoms with E-state index in [0.29, 0.717) is 23.3 Å². The number of thiophene rings is 1. The largest absolute Gasteiger partial charge is 0.467 e. The highest BCUT2D eigenvalue weighted by Crippen LogP contribution is 2.33. The van der Waals surface area contributed by atoms with E-state index in [-0.39, 0.29) is 12.6 Å². The van der Waals surface area contributed by atoms with Gasteiger partial charge in [-0.2, -0.15) is 0 Å². The molecule has 0 unspecified atom stereocenters. The lowest BCUT2D eigenvalue weighted by molar-refractivity contribution is -0.0171. The molecule has 0 fully saturated rings. The van der Waals surface area contributed by atoms with Crippen LogP contribution in [0, 0.1) is 5.82 Å². The number of fused-ring (bicyclic) bond motifs is 1. The third-order valence-corrected chi connectivity index (χ3v) is 5.31. The number of ether oxygens (including phenoxy) is 2. The number of H-pyrrole nitrogens is 1. The van der Waals surface area contributed by atoms with E-state index in [4.69, 9.17) is 9.47 Å². The first-order chi connectivity index (χ1) is 11.8. The van der Waals surface area contributed by atoms with Gasteiger partial charge in [0.1, 0.15) is 17.4 Å². The fraction of sp³-hybridized carbons (Fsp3) is 0.250. The van der Waals surface area contributed by atoms with Crippen molar-refractivity contribution in [3.8, 4) is 5.75 Å². The second-order valence-corrected chi connectivity index (χ2v) is 7.25. The molecule has 0 amide bonds. The lowest BCUT2D eigenvalue weighted by Crippen LogP contribution is -2.13. The van der Waals surface area contributed by atoms with Crippen molar-refractivity contribution in [2.24, 2.45) is 0 Å². The third kappa shape index (κ3) is 3.45. The molecule has 0 atom stereocenters. The maximum atomic E-state index is 13.7. The van der Waals surface area contributed by atoms with E-state index in [1.807, 2.05) is 11.4 Å². The number of hydrogen-bond acceptors (Lipinski definition) is 6. The molecule has 0 saturated carbocycles. The Morgan fingerprint density at radius 1 is 1.38 bits per heavy atom. The van der Waals surface area contributed by atoms with E-state index in [1.165, 1.54) is 28.8 Å². The van der Waals surface area contributed by atoms with Gasteiger partial charge in [-0.25, -0.2) is 9.37 Å². The van der Waals surface area contributed by atoms with Gasteiger partial charge in [-0.3, -0.25) is 5.10 Å². The molecular weight excluding hydrogens is 349 g/mol. The number of aromatic nitrogens is 3. The molecule has 0 spiro atoms. The lowest BCUT2D eigenvalue weighted by Gasteiger charge is -2.20. The van der Waals surface area contributed by atoms with Gasteiger partial charge in [0.2, 0.25) is 5.16 Å². The SMILES string of the molecule is Fc1cc2c(c(CSc3n[nH]c(Cc4cccs4)n3)c1)OCOC2. The highest BCUT2D eigenvalue weighted by molar-refractivity contribution is 7.98. The van der Waals surface area contributed by atoms with Crippen molar-refractivity contribution in [1.29, 1.82) is 0 Å². The van der Waals surface area contributed by atoms with Gasteiger partial charge in [0.15, 0.2) is 6.79 Å². The van der Waals surface area contributed by atoms with Gasteiger partial charge in [0.05, 0.1) is 6.61 Å². The molecule has 8 heteroatoms. The summed E-state index contributed by atoms with van der Waals surface area (Å²) < 4.78 is 24.5. The summed E-state index contributed by atoms with van der Waals surface area (Å²) in [5.74, 6) is 1.79. The van der Waals surface area contributed by atoms with Crippen molar-refractivity contribution >= 4 is 23.1 Å². The minimum Gasteiger partial charge on any atom is -0.467 e. The smallest absolute Gasteiger partial charge is 0.208 e. The topological polar surface area (TPSA) is 60.0 Å². The van der Waals surface area contributed by atoms with E-state index in [9.17, 15) is 4.39 Å². The van der Waals surface area contributed by atoms with Crippen molar-refractivity contribution in [1.82, 2.24) is 15.2 Å². The van der Waals surface area contributed by atoms with Gasteiger partial charge in [-0.05, 0) is 23.6 Å². The molecule has 1 N–H and O–H groups in total. The predicted octanol–water partition coefficient (Wildman–Crippen LogP) is 3.75. The molecule has 24 heavy (non-hydrogen) atoms. The molecule has 1 aliphatic rings. The first-order valence-corrected chi connectivity index (χ1v) is 9.23. The number of nitrogens with one attached hydrogen (secondary N) is 1. The van der Waals surface area contributed by atoms with Gasteiger partial charge in [-0.15, -0.1) is 16.4 Å². The molecule has 124 valence electrons. The summed E-state index contributed by atoms with van der Waals surface area (Å²) >= 11 is 3.14. The van der Waals surface area contributed by atoms with Gasteiger partial charge in [-0.1, -0.05) is 17.8 Å².